The topological polar surface area (TPSA) is 94.3 Å². The minimum absolute atomic E-state index is 0.0349. The maximum atomic E-state index is 11.4. The molecule has 1 atom stereocenters. The summed E-state index contributed by atoms with van der Waals surface area (Å²) < 4.78 is 28.1. The Hall–Kier alpha value is -2.12. The van der Waals surface area contributed by atoms with Gasteiger partial charge in [-0.3, -0.25) is 4.98 Å². The van der Waals surface area contributed by atoms with Gasteiger partial charge < -0.3 is 10.1 Å². The number of methoxy groups -OCH3 is 1. The van der Waals surface area contributed by atoms with E-state index in [1.165, 1.54) is 19.2 Å². The van der Waals surface area contributed by atoms with E-state index in [0.717, 1.165) is 5.56 Å². The molecule has 0 radical (unpaired) electrons. The first-order valence-corrected chi connectivity index (χ1v) is 7.84. The summed E-state index contributed by atoms with van der Waals surface area (Å²) in [6.45, 7) is 1.96. The Kier molecular flexibility index (Phi) is 4.44. The number of nitrogens with two attached hydrogens (primary N) is 1. The Morgan fingerprint density at radius 3 is 2.48 bits per heavy atom. The Morgan fingerprint density at radius 1 is 1.24 bits per heavy atom. The number of aromatic nitrogens is 1. The summed E-state index contributed by atoms with van der Waals surface area (Å²) in [6, 6.07) is 8.17. The zero-order valence-electron chi connectivity index (χ0n) is 11.8. The number of nitrogens with one attached hydrogen (secondary N) is 1. The first-order chi connectivity index (χ1) is 9.91. The van der Waals surface area contributed by atoms with Gasteiger partial charge in [0.05, 0.1) is 17.7 Å². The molecule has 2 aromatic rings. The van der Waals surface area contributed by atoms with Crippen molar-refractivity contribution in [3.8, 4) is 5.75 Å². The fraction of sp³-hybridized carbons (Fsp3) is 0.214. The van der Waals surface area contributed by atoms with Crippen molar-refractivity contribution < 1.29 is 13.2 Å². The fourth-order valence-electron chi connectivity index (χ4n) is 1.95. The lowest BCUT2D eigenvalue weighted by Gasteiger charge is -2.18. The predicted molar refractivity (Wildman–Crippen MR) is 80.6 cm³/mol. The average Bonchev–Trinajstić information content (AvgIpc) is 2.47. The van der Waals surface area contributed by atoms with E-state index in [-0.39, 0.29) is 10.9 Å². The quantitative estimate of drug-likeness (QED) is 0.880. The highest BCUT2D eigenvalue weighted by atomic mass is 32.2. The van der Waals surface area contributed by atoms with Gasteiger partial charge in [-0.25, -0.2) is 13.6 Å². The van der Waals surface area contributed by atoms with Gasteiger partial charge in [-0.05, 0) is 42.8 Å². The second-order valence-electron chi connectivity index (χ2n) is 4.55. The zero-order chi connectivity index (χ0) is 15.5. The van der Waals surface area contributed by atoms with Crippen LogP contribution < -0.4 is 15.2 Å². The smallest absolute Gasteiger partial charge is 0.238 e. The van der Waals surface area contributed by atoms with E-state index in [0.29, 0.717) is 11.4 Å². The standard InChI is InChI=1S/C14H17N3O3S/c1-10(11-5-7-16-8-6-11)17-13-9-12(21(15,18)19)3-4-14(13)20-2/h3-10,17H,1-2H3,(H2,15,18,19). The van der Waals surface area contributed by atoms with E-state index >= 15 is 0 Å². The number of benzene rings is 1. The largest absolute Gasteiger partial charge is 0.495 e. The number of primary sulfonamides is 1. The molecule has 1 aromatic carbocycles. The van der Waals surface area contributed by atoms with Crippen LogP contribution in [-0.4, -0.2) is 20.5 Å². The number of nitrogens with zero attached hydrogens (tertiary/aromatic N) is 1. The third-order valence-corrected chi connectivity index (χ3v) is 3.99. The van der Waals surface area contributed by atoms with Crippen molar-refractivity contribution in [2.75, 3.05) is 12.4 Å². The van der Waals surface area contributed by atoms with Gasteiger partial charge in [0.1, 0.15) is 5.75 Å². The molecule has 1 heterocycles. The van der Waals surface area contributed by atoms with Crippen molar-refractivity contribution in [1.82, 2.24) is 4.98 Å². The van der Waals surface area contributed by atoms with Crippen LogP contribution in [0.15, 0.2) is 47.6 Å². The molecule has 0 fully saturated rings. The van der Waals surface area contributed by atoms with E-state index in [1.807, 2.05) is 19.1 Å². The summed E-state index contributed by atoms with van der Waals surface area (Å²) in [5.41, 5.74) is 1.58. The molecule has 1 unspecified atom stereocenters. The summed E-state index contributed by atoms with van der Waals surface area (Å²) in [5, 5.41) is 8.37. The maximum absolute atomic E-state index is 11.4. The number of hydrogen-bond donors (Lipinski definition) is 2. The molecule has 0 saturated carbocycles. The summed E-state index contributed by atoms with van der Waals surface area (Å²) in [5.74, 6) is 0.545. The van der Waals surface area contributed by atoms with Gasteiger partial charge in [-0.2, -0.15) is 0 Å². The molecule has 1 aromatic heterocycles. The van der Waals surface area contributed by atoms with Crippen LogP contribution in [0, 0.1) is 0 Å². The molecule has 0 aliphatic rings. The SMILES string of the molecule is COc1ccc(S(N)(=O)=O)cc1NC(C)c1ccncc1. The van der Waals surface area contributed by atoms with E-state index in [1.54, 1.807) is 18.5 Å². The van der Waals surface area contributed by atoms with Crippen molar-refractivity contribution >= 4 is 15.7 Å². The molecule has 0 spiro atoms. The Morgan fingerprint density at radius 2 is 1.90 bits per heavy atom. The highest BCUT2D eigenvalue weighted by molar-refractivity contribution is 7.89. The first-order valence-electron chi connectivity index (χ1n) is 6.29. The summed E-state index contributed by atoms with van der Waals surface area (Å²) >= 11 is 0. The van der Waals surface area contributed by atoms with Crippen molar-refractivity contribution in [2.24, 2.45) is 5.14 Å². The molecular weight excluding hydrogens is 290 g/mol. The number of pyridine rings is 1. The van der Waals surface area contributed by atoms with Crippen LogP contribution in [0.25, 0.3) is 0 Å². The summed E-state index contributed by atoms with van der Waals surface area (Å²) in [7, 11) is -2.23. The zero-order valence-corrected chi connectivity index (χ0v) is 12.6. The van der Waals surface area contributed by atoms with Crippen LogP contribution in [0.1, 0.15) is 18.5 Å². The van der Waals surface area contributed by atoms with E-state index < -0.39 is 10.0 Å². The molecular formula is C14H17N3O3S. The molecule has 0 amide bonds. The molecule has 6 nitrogen and oxygen atoms in total. The van der Waals surface area contributed by atoms with Gasteiger partial charge in [0, 0.05) is 18.4 Å². The maximum Gasteiger partial charge on any atom is 0.238 e. The molecule has 0 aliphatic heterocycles. The van der Waals surface area contributed by atoms with Crippen molar-refractivity contribution in [3.63, 3.8) is 0 Å². The number of anilines is 1. The molecule has 21 heavy (non-hydrogen) atoms. The molecule has 7 heteroatoms. The lowest BCUT2D eigenvalue weighted by molar-refractivity contribution is 0.415. The second kappa shape index (κ2) is 6.11. The normalized spacial score (nSPS) is 12.7. The van der Waals surface area contributed by atoms with E-state index in [4.69, 9.17) is 9.88 Å². The van der Waals surface area contributed by atoms with Crippen molar-refractivity contribution in [3.05, 3.63) is 48.3 Å². The third-order valence-electron chi connectivity index (χ3n) is 3.08. The summed E-state index contributed by atoms with van der Waals surface area (Å²) in [4.78, 5) is 4.00. The van der Waals surface area contributed by atoms with E-state index in [2.05, 4.69) is 10.3 Å². The van der Waals surface area contributed by atoms with Crippen molar-refractivity contribution in [1.29, 1.82) is 0 Å². The van der Waals surface area contributed by atoms with Crippen LogP contribution >= 0.6 is 0 Å². The minimum Gasteiger partial charge on any atom is -0.495 e. The van der Waals surface area contributed by atoms with Gasteiger partial charge >= 0.3 is 0 Å². The third kappa shape index (κ3) is 3.71. The number of ether oxygens (including phenoxy) is 1. The van der Waals surface area contributed by atoms with Crippen LogP contribution in [0.3, 0.4) is 0 Å². The minimum atomic E-state index is -3.76. The van der Waals surface area contributed by atoms with Gasteiger partial charge in [0.2, 0.25) is 10.0 Å². The van der Waals surface area contributed by atoms with Gasteiger partial charge in [0.25, 0.3) is 0 Å². The Balaban J connectivity index is 2.34. The molecule has 3 N–H and O–H groups in total. The molecule has 2 rings (SSSR count). The Labute approximate surface area is 124 Å². The van der Waals surface area contributed by atoms with Crippen LogP contribution in [-0.2, 0) is 10.0 Å². The highest BCUT2D eigenvalue weighted by Gasteiger charge is 2.14. The summed E-state index contributed by atoms with van der Waals surface area (Å²) in [6.07, 6.45) is 3.40. The monoisotopic (exact) mass is 307 g/mol. The van der Waals surface area contributed by atoms with Gasteiger partial charge in [-0.1, -0.05) is 0 Å². The number of hydrogen-bond acceptors (Lipinski definition) is 5. The highest BCUT2D eigenvalue weighted by Crippen LogP contribution is 2.30. The van der Waals surface area contributed by atoms with Gasteiger partial charge in [0.15, 0.2) is 0 Å². The van der Waals surface area contributed by atoms with Gasteiger partial charge in [-0.15, -0.1) is 0 Å². The lowest BCUT2D eigenvalue weighted by atomic mass is 10.1. The van der Waals surface area contributed by atoms with Crippen LogP contribution in [0.5, 0.6) is 5.75 Å². The van der Waals surface area contributed by atoms with Crippen molar-refractivity contribution in [2.45, 2.75) is 17.9 Å². The first kappa shape index (κ1) is 15.3. The average molecular weight is 307 g/mol. The molecule has 112 valence electrons. The molecule has 0 saturated heterocycles. The molecule has 0 aliphatic carbocycles. The number of rotatable bonds is 5. The second-order valence-corrected chi connectivity index (χ2v) is 6.12. The lowest BCUT2D eigenvalue weighted by Crippen LogP contribution is -2.13. The molecule has 0 bridgehead atoms. The predicted octanol–water partition coefficient (Wildman–Crippen LogP) is 1.91. The Bertz CT molecular complexity index is 717. The van der Waals surface area contributed by atoms with E-state index in [9.17, 15) is 8.42 Å². The van der Waals surface area contributed by atoms with Crippen LogP contribution in [0.2, 0.25) is 0 Å². The fourth-order valence-corrected chi connectivity index (χ4v) is 2.49. The van der Waals surface area contributed by atoms with Crippen LogP contribution in [0.4, 0.5) is 5.69 Å². The number of sulfonamides is 1.